The van der Waals surface area contributed by atoms with Crippen molar-refractivity contribution in [3.63, 3.8) is 0 Å². The SMILES string of the molecule is CN(C(=O)CNC(=O)[C@@H](N)CCCN=C(N)N)[C@H](C=O)CC(=O)O. The molecule has 0 unspecified atom stereocenters. The summed E-state index contributed by atoms with van der Waals surface area (Å²) in [6, 6.07) is -1.93. The number of hydrogen-bond donors (Lipinski definition) is 5. The highest BCUT2D eigenvalue weighted by atomic mass is 16.4. The number of aliphatic imine (C=N–C) groups is 1. The summed E-state index contributed by atoms with van der Waals surface area (Å²) in [6.07, 6.45) is 0.669. The summed E-state index contributed by atoms with van der Waals surface area (Å²) < 4.78 is 0. The van der Waals surface area contributed by atoms with Crippen molar-refractivity contribution in [2.24, 2.45) is 22.2 Å². The maximum absolute atomic E-state index is 11.9. The van der Waals surface area contributed by atoms with Gasteiger partial charge in [0.15, 0.2) is 5.96 Å². The molecule has 0 rings (SSSR count). The molecule has 0 fully saturated rings. The maximum atomic E-state index is 11.9. The third-order valence-electron chi connectivity index (χ3n) is 3.15. The number of nitrogens with two attached hydrogens (primary N) is 3. The standard InChI is InChI=1S/C13H24N6O5/c1-19(8(7-20)5-11(22)23)10(21)6-18-12(24)9(14)3-2-4-17-13(15)16/h7-9H,2-6,14H2,1H3,(H,18,24)(H,22,23)(H4,15,16,17)/t8-,9-/m0/s1. The number of carbonyl (C=O) groups excluding carboxylic acids is 3. The van der Waals surface area contributed by atoms with Crippen molar-refractivity contribution in [1.82, 2.24) is 10.2 Å². The Hall–Kier alpha value is -2.69. The lowest BCUT2D eigenvalue weighted by Gasteiger charge is -2.23. The van der Waals surface area contributed by atoms with Gasteiger partial charge in [0.25, 0.3) is 0 Å². The van der Waals surface area contributed by atoms with Crippen LogP contribution in [0.3, 0.4) is 0 Å². The van der Waals surface area contributed by atoms with Gasteiger partial charge in [-0.3, -0.25) is 19.4 Å². The minimum atomic E-state index is -1.21. The first kappa shape index (κ1) is 21.3. The topological polar surface area (TPSA) is 194 Å². The first-order valence-corrected chi connectivity index (χ1v) is 7.20. The second-order valence-electron chi connectivity index (χ2n) is 5.08. The van der Waals surface area contributed by atoms with Crippen LogP contribution in [-0.4, -0.2) is 72.3 Å². The Balaban J connectivity index is 4.27. The lowest BCUT2D eigenvalue weighted by molar-refractivity contribution is -0.142. The zero-order chi connectivity index (χ0) is 18.7. The Morgan fingerprint density at radius 3 is 2.46 bits per heavy atom. The number of amides is 2. The Morgan fingerprint density at radius 1 is 1.33 bits per heavy atom. The van der Waals surface area contributed by atoms with Crippen molar-refractivity contribution in [2.45, 2.75) is 31.3 Å². The van der Waals surface area contributed by atoms with E-state index in [-0.39, 0.29) is 12.5 Å². The number of guanidine groups is 1. The minimum Gasteiger partial charge on any atom is -0.481 e. The largest absolute Gasteiger partial charge is 0.481 e. The Kier molecular flexibility index (Phi) is 9.71. The van der Waals surface area contributed by atoms with Crippen LogP contribution in [0.15, 0.2) is 4.99 Å². The number of carboxylic acids is 1. The van der Waals surface area contributed by atoms with E-state index in [2.05, 4.69) is 10.3 Å². The van der Waals surface area contributed by atoms with Gasteiger partial charge in [0.05, 0.1) is 25.0 Å². The van der Waals surface area contributed by atoms with Gasteiger partial charge in [0.2, 0.25) is 11.8 Å². The normalized spacial score (nSPS) is 12.6. The number of likely N-dealkylation sites (N-methyl/N-ethyl adjacent to an activating group) is 1. The molecule has 11 heteroatoms. The second-order valence-corrected chi connectivity index (χ2v) is 5.08. The molecule has 0 aromatic heterocycles. The van der Waals surface area contributed by atoms with Crippen LogP contribution in [0.1, 0.15) is 19.3 Å². The average Bonchev–Trinajstić information content (AvgIpc) is 2.52. The minimum absolute atomic E-state index is 0.0484. The number of aliphatic carboxylic acids is 1. The van der Waals surface area contributed by atoms with E-state index in [1.165, 1.54) is 7.05 Å². The van der Waals surface area contributed by atoms with Gasteiger partial charge in [-0.1, -0.05) is 0 Å². The lowest BCUT2D eigenvalue weighted by atomic mass is 10.1. The number of aldehydes is 1. The van der Waals surface area contributed by atoms with Gasteiger partial charge in [-0.05, 0) is 12.8 Å². The monoisotopic (exact) mass is 344 g/mol. The van der Waals surface area contributed by atoms with Crippen molar-refractivity contribution >= 4 is 30.0 Å². The summed E-state index contributed by atoms with van der Waals surface area (Å²) in [5.41, 5.74) is 16.0. The predicted molar refractivity (Wildman–Crippen MR) is 85.8 cm³/mol. The Morgan fingerprint density at radius 2 is 1.96 bits per heavy atom. The van der Waals surface area contributed by atoms with Crippen LogP contribution in [0.4, 0.5) is 0 Å². The average molecular weight is 344 g/mol. The van der Waals surface area contributed by atoms with Crippen molar-refractivity contribution in [1.29, 1.82) is 0 Å². The predicted octanol–water partition coefficient (Wildman–Crippen LogP) is -3.02. The zero-order valence-electron chi connectivity index (χ0n) is 13.5. The van der Waals surface area contributed by atoms with Crippen LogP contribution >= 0.6 is 0 Å². The van der Waals surface area contributed by atoms with Crippen LogP contribution in [0.2, 0.25) is 0 Å². The van der Waals surface area contributed by atoms with Crippen LogP contribution in [0.5, 0.6) is 0 Å². The highest BCUT2D eigenvalue weighted by Gasteiger charge is 2.23. The van der Waals surface area contributed by atoms with Gasteiger partial charge in [-0.25, -0.2) is 0 Å². The molecule has 0 saturated heterocycles. The summed E-state index contributed by atoms with van der Waals surface area (Å²) in [4.78, 5) is 49.8. The maximum Gasteiger partial charge on any atom is 0.305 e. The fourth-order valence-electron chi connectivity index (χ4n) is 1.71. The van der Waals surface area contributed by atoms with Crippen molar-refractivity contribution in [2.75, 3.05) is 20.1 Å². The lowest BCUT2D eigenvalue weighted by Crippen LogP contribution is -2.48. The summed E-state index contributed by atoms with van der Waals surface area (Å²) in [5, 5.41) is 11.0. The first-order valence-electron chi connectivity index (χ1n) is 7.20. The molecule has 0 radical (unpaired) electrons. The number of carboxylic acid groups (broad SMARTS) is 1. The summed E-state index contributed by atoms with van der Waals surface area (Å²) in [5.74, 6) is -2.40. The molecule has 0 spiro atoms. The van der Waals surface area contributed by atoms with Gasteiger partial charge < -0.3 is 37.3 Å². The molecule has 2 atom stereocenters. The molecule has 0 aliphatic rings. The Labute approximate surface area is 139 Å². The van der Waals surface area contributed by atoms with E-state index in [0.29, 0.717) is 25.7 Å². The molecule has 0 heterocycles. The molecule has 0 bridgehead atoms. The molecular formula is C13H24N6O5. The third-order valence-corrected chi connectivity index (χ3v) is 3.15. The molecular weight excluding hydrogens is 320 g/mol. The van der Waals surface area contributed by atoms with Gasteiger partial charge >= 0.3 is 5.97 Å². The quantitative estimate of drug-likeness (QED) is 0.113. The van der Waals surface area contributed by atoms with E-state index in [0.717, 1.165) is 4.90 Å². The van der Waals surface area contributed by atoms with Gasteiger partial charge in [-0.15, -0.1) is 0 Å². The number of nitrogens with one attached hydrogen (secondary N) is 1. The van der Waals surface area contributed by atoms with Crippen molar-refractivity contribution in [3.05, 3.63) is 0 Å². The second kappa shape index (κ2) is 10.9. The number of rotatable bonds is 11. The third kappa shape index (κ3) is 8.68. The van der Waals surface area contributed by atoms with E-state index in [1.54, 1.807) is 0 Å². The molecule has 24 heavy (non-hydrogen) atoms. The Bertz CT molecular complexity index is 491. The molecule has 2 amide bonds. The molecule has 0 aliphatic heterocycles. The highest BCUT2D eigenvalue weighted by Crippen LogP contribution is 2.00. The van der Waals surface area contributed by atoms with E-state index >= 15 is 0 Å². The summed E-state index contributed by atoms with van der Waals surface area (Å²) in [6.45, 7) is -0.0535. The van der Waals surface area contributed by atoms with E-state index in [1.807, 2.05) is 0 Å². The van der Waals surface area contributed by atoms with E-state index < -0.39 is 36.3 Å². The van der Waals surface area contributed by atoms with E-state index in [4.69, 9.17) is 22.3 Å². The van der Waals surface area contributed by atoms with Gasteiger partial charge in [0, 0.05) is 13.6 Å². The first-order chi connectivity index (χ1) is 11.2. The van der Waals surface area contributed by atoms with Crippen molar-refractivity contribution < 1.29 is 24.3 Å². The van der Waals surface area contributed by atoms with Gasteiger partial charge in [0.1, 0.15) is 6.29 Å². The number of carbonyl (C=O) groups is 4. The van der Waals surface area contributed by atoms with Crippen molar-refractivity contribution in [3.8, 4) is 0 Å². The van der Waals surface area contributed by atoms with Crippen LogP contribution < -0.4 is 22.5 Å². The molecule has 0 aliphatic carbocycles. The number of nitrogens with zero attached hydrogens (tertiary/aromatic N) is 2. The molecule has 0 aromatic rings. The fourth-order valence-corrected chi connectivity index (χ4v) is 1.71. The highest BCUT2D eigenvalue weighted by molar-refractivity contribution is 5.88. The molecule has 8 N–H and O–H groups in total. The molecule has 0 aromatic carbocycles. The van der Waals surface area contributed by atoms with Crippen LogP contribution in [-0.2, 0) is 19.2 Å². The molecule has 136 valence electrons. The van der Waals surface area contributed by atoms with Crippen LogP contribution in [0.25, 0.3) is 0 Å². The smallest absolute Gasteiger partial charge is 0.305 e. The molecule has 11 nitrogen and oxygen atoms in total. The zero-order valence-corrected chi connectivity index (χ0v) is 13.5. The van der Waals surface area contributed by atoms with E-state index in [9.17, 15) is 19.2 Å². The summed E-state index contributed by atoms with van der Waals surface area (Å²) >= 11 is 0. The number of hydrogen-bond acceptors (Lipinski definition) is 6. The van der Waals surface area contributed by atoms with Crippen LogP contribution in [0, 0.1) is 0 Å². The molecule has 0 saturated carbocycles. The fraction of sp³-hybridized carbons (Fsp3) is 0.615. The van der Waals surface area contributed by atoms with Gasteiger partial charge in [-0.2, -0.15) is 0 Å². The summed E-state index contributed by atoms with van der Waals surface area (Å²) in [7, 11) is 1.28.